The summed E-state index contributed by atoms with van der Waals surface area (Å²) in [6.07, 6.45) is 0.619. The van der Waals surface area contributed by atoms with Crippen LogP contribution in [0.2, 0.25) is 0 Å². The Kier molecular flexibility index (Phi) is 2.04. The van der Waals surface area contributed by atoms with E-state index >= 15 is 0 Å². The summed E-state index contributed by atoms with van der Waals surface area (Å²) in [5.74, 6) is 0.783. The summed E-state index contributed by atoms with van der Waals surface area (Å²) in [6.45, 7) is 0.763. The number of hydrogen-bond donors (Lipinski definition) is 1. The molecule has 4 nitrogen and oxygen atoms in total. The van der Waals surface area contributed by atoms with E-state index in [9.17, 15) is 4.79 Å². The molecule has 0 spiro atoms. The summed E-state index contributed by atoms with van der Waals surface area (Å²) in [7, 11) is 1.57. The van der Waals surface area contributed by atoms with Crippen LogP contribution in [-0.4, -0.2) is 19.6 Å². The van der Waals surface area contributed by atoms with Gasteiger partial charge in [0.2, 0.25) is 5.91 Å². The molecule has 0 radical (unpaired) electrons. The number of nitrogens with two attached hydrogens (primary N) is 1. The van der Waals surface area contributed by atoms with Crippen LogP contribution in [0.1, 0.15) is 6.42 Å². The molecule has 0 atom stereocenters. The fraction of sp³-hybridized carbons (Fsp3) is 0.300. The third-order valence-electron chi connectivity index (χ3n) is 2.34. The molecule has 74 valence electrons. The Labute approximate surface area is 82.3 Å². The fourth-order valence-electron chi connectivity index (χ4n) is 1.49. The zero-order chi connectivity index (χ0) is 10.1. The van der Waals surface area contributed by atoms with E-state index in [1.54, 1.807) is 24.1 Å². The van der Waals surface area contributed by atoms with Gasteiger partial charge in [-0.1, -0.05) is 0 Å². The van der Waals surface area contributed by atoms with Crippen molar-refractivity contribution in [3.05, 3.63) is 18.2 Å². The molecule has 0 saturated carbocycles. The zero-order valence-electron chi connectivity index (χ0n) is 7.99. The van der Waals surface area contributed by atoms with Gasteiger partial charge in [-0.25, -0.2) is 0 Å². The molecule has 1 aliphatic rings. The number of nitrogens with zero attached hydrogens (tertiary/aromatic N) is 1. The number of ether oxygens (including phenoxy) is 1. The first-order valence-electron chi connectivity index (χ1n) is 4.46. The monoisotopic (exact) mass is 192 g/mol. The van der Waals surface area contributed by atoms with E-state index in [2.05, 4.69) is 0 Å². The van der Waals surface area contributed by atoms with Crippen LogP contribution < -0.4 is 15.4 Å². The summed E-state index contributed by atoms with van der Waals surface area (Å²) in [5, 5.41) is 0. The molecule has 1 aromatic rings. The summed E-state index contributed by atoms with van der Waals surface area (Å²) in [4.78, 5) is 12.9. The number of benzene rings is 1. The van der Waals surface area contributed by atoms with E-state index in [1.165, 1.54) is 0 Å². The maximum Gasteiger partial charge on any atom is 0.228 e. The Morgan fingerprint density at radius 3 is 2.79 bits per heavy atom. The summed E-state index contributed by atoms with van der Waals surface area (Å²) >= 11 is 0. The molecule has 2 N–H and O–H groups in total. The Bertz CT molecular complexity index is 376. The molecule has 0 unspecified atom stereocenters. The highest BCUT2D eigenvalue weighted by Gasteiger charge is 2.27. The van der Waals surface area contributed by atoms with Gasteiger partial charge in [0, 0.05) is 24.7 Å². The predicted octanol–water partition coefficient (Wildman–Crippen LogP) is 1.01. The highest BCUT2D eigenvalue weighted by molar-refractivity contribution is 6.00. The summed E-state index contributed by atoms with van der Waals surface area (Å²) in [5.41, 5.74) is 7.06. The van der Waals surface area contributed by atoms with E-state index in [4.69, 9.17) is 10.5 Å². The van der Waals surface area contributed by atoms with E-state index < -0.39 is 0 Å². The first kappa shape index (κ1) is 8.87. The van der Waals surface area contributed by atoms with Crippen molar-refractivity contribution in [1.82, 2.24) is 0 Å². The molecule has 1 aliphatic heterocycles. The minimum Gasteiger partial charge on any atom is -0.494 e. The molecule has 14 heavy (non-hydrogen) atoms. The van der Waals surface area contributed by atoms with Gasteiger partial charge in [-0.15, -0.1) is 0 Å². The van der Waals surface area contributed by atoms with Crippen LogP contribution in [0.4, 0.5) is 11.4 Å². The lowest BCUT2D eigenvalue weighted by Crippen LogP contribution is -2.43. The number of anilines is 2. The van der Waals surface area contributed by atoms with E-state index in [0.29, 0.717) is 17.9 Å². The van der Waals surface area contributed by atoms with Gasteiger partial charge in [0.1, 0.15) is 5.75 Å². The molecular weight excluding hydrogens is 180 g/mol. The first-order chi connectivity index (χ1) is 6.72. The molecule has 1 amide bonds. The number of rotatable bonds is 2. The van der Waals surface area contributed by atoms with Crippen molar-refractivity contribution in [2.45, 2.75) is 6.42 Å². The van der Waals surface area contributed by atoms with E-state index in [0.717, 1.165) is 12.2 Å². The smallest absolute Gasteiger partial charge is 0.228 e. The third kappa shape index (κ3) is 1.28. The van der Waals surface area contributed by atoms with Gasteiger partial charge in [0.05, 0.1) is 12.8 Å². The number of β-lactam (4-membered cyclic amide) rings is 1. The van der Waals surface area contributed by atoms with Crippen molar-refractivity contribution < 1.29 is 9.53 Å². The summed E-state index contributed by atoms with van der Waals surface area (Å²) < 4.78 is 5.16. The second kappa shape index (κ2) is 3.21. The molecule has 2 rings (SSSR count). The molecule has 0 aliphatic carbocycles. The average molecular weight is 192 g/mol. The molecule has 1 fully saturated rings. The van der Waals surface area contributed by atoms with Gasteiger partial charge < -0.3 is 15.4 Å². The van der Waals surface area contributed by atoms with Gasteiger partial charge in [0.15, 0.2) is 0 Å². The van der Waals surface area contributed by atoms with Crippen molar-refractivity contribution >= 4 is 17.3 Å². The molecular formula is C10H12N2O2. The topological polar surface area (TPSA) is 55.6 Å². The van der Waals surface area contributed by atoms with Gasteiger partial charge in [0.25, 0.3) is 0 Å². The van der Waals surface area contributed by atoms with Crippen LogP contribution in [-0.2, 0) is 4.79 Å². The Hall–Kier alpha value is -1.71. The van der Waals surface area contributed by atoms with Crippen molar-refractivity contribution in [2.24, 2.45) is 0 Å². The Morgan fingerprint density at radius 2 is 2.29 bits per heavy atom. The lowest BCUT2D eigenvalue weighted by molar-refractivity contribution is -0.122. The Morgan fingerprint density at radius 1 is 1.50 bits per heavy atom. The largest absolute Gasteiger partial charge is 0.494 e. The predicted molar refractivity (Wildman–Crippen MR) is 54.4 cm³/mol. The minimum absolute atomic E-state index is 0.132. The minimum atomic E-state index is 0.132. The fourth-order valence-corrected chi connectivity index (χ4v) is 1.49. The number of methoxy groups -OCH3 is 1. The molecule has 1 aromatic carbocycles. The van der Waals surface area contributed by atoms with E-state index in [-0.39, 0.29) is 5.91 Å². The number of hydrogen-bond acceptors (Lipinski definition) is 3. The maximum absolute atomic E-state index is 11.2. The van der Waals surface area contributed by atoms with Crippen molar-refractivity contribution in [1.29, 1.82) is 0 Å². The van der Waals surface area contributed by atoms with Crippen molar-refractivity contribution in [3.8, 4) is 5.75 Å². The van der Waals surface area contributed by atoms with Gasteiger partial charge in [-0.2, -0.15) is 0 Å². The van der Waals surface area contributed by atoms with Gasteiger partial charge in [-0.3, -0.25) is 4.79 Å². The van der Waals surface area contributed by atoms with E-state index in [1.807, 2.05) is 6.07 Å². The maximum atomic E-state index is 11.2. The number of carbonyl (C=O) groups is 1. The third-order valence-corrected chi connectivity index (χ3v) is 2.34. The highest BCUT2D eigenvalue weighted by Crippen LogP contribution is 2.33. The molecule has 1 saturated heterocycles. The van der Waals surface area contributed by atoms with Crippen LogP contribution in [0.15, 0.2) is 18.2 Å². The van der Waals surface area contributed by atoms with Crippen LogP contribution in [0.3, 0.4) is 0 Å². The molecule has 0 aromatic heterocycles. The summed E-state index contributed by atoms with van der Waals surface area (Å²) in [6, 6.07) is 5.30. The van der Waals surface area contributed by atoms with Gasteiger partial charge in [-0.05, 0) is 12.1 Å². The van der Waals surface area contributed by atoms with Crippen LogP contribution in [0, 0.1) is 0 Å². The normalized spacial score (nSPS) is 15.2. The average Bonchev–Trinajstić information content (AvgIpc) is 2.18. The number of nitrogen functional groups attached to an aromatic ring is 1. The lowest BCUT2D eigenvalue weighted by atomic mass is 10.1. The number of amides is 1. The van der Waals surface area contributed by atoms with Crippen LogP contribution >= 0.6 is 0 Å². The highest BCUT2D eigenvalue weighted by atomic mass is 16.5. The first-order valence-corrected chi connectivity index (χ1v) is 4.46. The number of carbonyl (C=O) groups excluding carboxylic acids is 1. The molecule has 1 heterocycles. The van der Waals surface area contributed by atoms with Crippen LogP contribution in [0.25, 0.3) is 0 Å². The lowest BCUT2D eigenvalue weighted by Gasteiger charge is -2.31. The zero-order valence-corrected chi connectivity index (χ0v) is 7.99. The second-order valence-electron chi connectivity index (χ2n) is 3.23. The standard InChI is InChI=1S/C10H12N2O2/c1-14-9-6-7(11)2-3-8(9)12-5-4-10(12)13/h2-3,6H,4-5,11H2,1H3. The van der Waals surface area contributed by atoms with Crippen molar-refractivity contribution in [2.75, 3.05) is 24.3 Å². The quantitative estimate of drug-likeness (QED) is 0.562. The Balaban J connectivity index is 2.36. The second-order valence-corrected chi connectivity index (χ2v) is 3.23. The van der Waals surface area contributed by atoms with Crippen molar-refractivity contribution in [3.63, 3.8) is 0 Å². The molecule has 0 bridgehead atoms. The molecule has 4 heteroatoms. The van der Waals surface area contributed by atoms with Crippen LogP contribution in [0.5, 0.6) is 5.75 Å². The van der Waals surface area contributed by atoms with Gasteiger partial charge >= 0.3 is 0 Å². The SMILES string of the molecule is COc1cc(N)ccc1N1CCC1=O.